The van der Waals surface area contributed by atoms with Crippen molar-refractivity contribution in [3.05, 3.63) is 239 Å². The second-order valence-electron chi connectivity index (χ2n) is 14.2. The number of halogens is 4. The Morgan fingerprint density at radius 2 is 0.617 bits per heavy atom. The van der Waals surface area contributed by atoms with Crippen molar-refractivity contribution < 1.29 is 37.5 Å². The van der Waals surface area contributed by atoms with Gasteiger partial charge in [-0.15, -0.1) is 71.8 Å². The van der Waals surface area contributed by atoms with E-state index in [1.54, 1.807) is 37.5 Å². The van der Waals surface area contributed by atoms with E-state index >= 15 is 0 Å². The zero-order valence-electron chi connectivity index (χ0n) is 34.3. The van der Waals surface area contributed by atoms with Crippen molar-refractivity contribution in [3.8, 4) is 0 Å². The predicted molar refractivity (Wildman–Crippen MR) is 259 cm³/mol. The Labute approximate surface area is 402 Å². The van der Waals surface area contributed by atoms with Crippen molar-refractivity contribution in [3.63, 3.8) is 0 Å². The molecule has 2 nitrogen and oxygen atoms in total. The molecule has 0 bridgehead atoms. The summed E-state index contributed by atoms with van der Waals surface area (Å²) in [6, 6.07) is 61.2. The van der Waals surface area contributed by atoms with Gasteiger partial charge >= 0.3 is 56.4 Å². The third-order valence-electron chi connectivity index (χ3n) is 7.20. The van der Waals surface area contributed by atoms with E-state index in [1.807, 2.05) is 175 Å². The summed E-state index contributed by atoms with van der Waals surface area (Å²) in [5.41, 5.74) is 4.00. The second-order valence-corrected chi connectivity index (χ2v) is 19.3. The van der Waals surface area contributed by atoms with Gasteiger partial charge in [-0.25, -0.2) is 13.1 Å². The first kappa shape index (κ1) is 55.2. The van der Waals surface area contributed by atoms with Gasteiger partial charge < -0.3 is 9.69 Å². The minimum absolute atomic E-state index is 0.167. The van der Waals surface area contributed by atoms with Gasteiger partial charge in [0.2, 0.25) is 11.1 Å². The van der Waals surface area contributed by atoms with Gasteiger partial charge in [-0.3, -0.25) is 0 Å². The van der Waals surface area contributed by atoms with Crippen LogP contribution in [0.2, 0.25) is 0 Å². The summed E-state index contributed by atoms with van der Waals surface area (Å²) in [5, 5.41) is 4.38. The minimum atomic E-state index is -0.961. The predicted octanol–water partition coefficient (Wildman–Crippen LogP) is 16.5. The molecule has 0 heterocycles. The number of nitrogens with zero attached hydrogens (tertiary/aromatic N) is 2. The number of hydrogen-bond acceptors (Lipinski definition) is 0. The third kappa shape index (κ3) is 23.4. The molecular formula is C50H48Cl4N2P2Pt2. The van der Waals surface area contributed by atoms with E-state index in [0.29, 0.717) is 0 Å². The molecule has 0 saturated heterocycles. The van der Waals surface area contributed by atoms with Crippen molar-refractivity contribution in [1.82, 2.24) is 0 Å². The van der Waals surface area contributed by atoms with Crippen LogP contribution in [0.15, 0.2) is 182 Å². The fourth-order valence-corrected chi connectivity index (χ4v) is 8.46. The molecule has 6 aromatic rings. The molecule has 0 aromatic heterocycles. The molecule has 0 amide bonds. The Morgan fingerprint density at radius 1 is 0.417 bits per heavy atom. The Morgan fingerprint density at radius 3 is 0.833 bits per heavy atom. The topological polar surface area (TPSA) is 8.72 Å². The zero-order chi connectivity index (χ0) is 44.8. The van der Waals surface area contributed by atoms with Crippen molar-refractivity contribution in [1.29, 1.82) is 0 Å². The second kappa shape index (κ2) is 31.9. The van der Waals surface area contributed by atoms with Gasteiger partial charge in [0.15, 0.2) is 0 Å². The summed E-state index contributed by atoms with van der Waals surface area (Å²) in [6.45, 7) is 24.3. The van der Waals surface area contributed by atoms with Crippen LogP contribution < -0.4 is 10.6 Å². The molecule has 2 atom stereocenters. The average molecular weight is 1270 g/mol. The van der Waals surface area contributed by atoms with E-state index in [2.05, 4.69) is 89.2 Å². The van der Waals surface area contributed by atoms with Crippen molar-refractivity contribution in [2.45, 2.75) is 52.6 Å². The van der Waals surface area contributed by atoms with Crippen LogP contribution in [-0.4, -0.2) is 11.1 Å². The van der Waals surface area contributed by atoms with Crippen LogP contribution in [0.3, 0.4) is 0 Å². The molecular weight excluding hydrogens is 1220 g/mol. The van der Waals surface area contributed by atoms with Crippen molar-refractivity contribution in [2.24, 2.45) is 0 Å². The van der Waals surface area contributed by atoms with Gasteiger partial charge in [0.1, 0.15) is 0 Å². The zero-order valence-corrected chi connectivity index (χ0v) is 43.6. The van der Waals surface area contributed by atoms with Crippen LogP contribution >= 0.6 is 55.9 Å². The van der Waals surface area contributed by atoms with E-state index < -0.39 is 14.5 Å². The van der Waals surface area contributed by atoms with Gasteiger partial charge in [0.05, 0.1) is 0 Å². The molecule has 0 aliphatic rings. The van der Waals surface area contributed by atoms with Gasteiger partial charge in [0, 0.05) is 56.1 Å². The first-order chi connectivity index (χ1) is 28.8. The number of rotatable bonds is 8. The van der Waals surface area contributed by atoms with Crippen molar-refractivity contribution >= 4 is 77.1 Å². The van der Waals surface area contributed by atoms with E-state index in [0.717, 1.165) is 43.5 Å². The fraction of sp³-hybridized carbons (Fsp3) is 0.160. The molecule has 0 aliphatic heterocycles. The Balaban J connectivity index is 0.000000445. The molecule has 60 heavy (non-hydrogen) atoms. The molecule has 10 heteroatoms. The molecule has 0 fully saturated rings. The summed E-state index contributed by atoms with van der Waals surface area (Å²) in [4.78, 5) is 6.54. The monoisotopic (exact) mass is 1270 g/mol. The summed E-state index contributed by atoms with van der Waals surface area (Å²) in [6.07, 6.45) is 7.01. The number of benzene rings is 6. The molecule has 6 rings (SSSR count). The van der Waals surface area contributed by atoms with E-state index in [-0.39, 0.29) is 11.1 Å². The molecule has 6 aromatic carbocycles. The van der Waals surface area contributed by atoms with Gasteiger partial charge in [-0.1, -0.05) is 178 Å². The van der Waals surface area contributed by atoms with Crippen molar-refractivity contribution in [2.75, 3.05) is 0 Å². The molecule has 0 radical (unpaired) electrons. The van der Waals surface area contributed by atoms with Crippen LogP contribution in [0.1, 0.15) is 63.8 Å². The standard InChI is InChI=1S/2C20H15ClP.2C5H9N.2ClH.2Pt/c2*21-22(19-14-8-3-9-15-19)20(18-12-6-2-7-13-18)16-17-10-4-1-5-11-17;2*1-5(2,3)6-4;;;;/h2*1-15H;2*1-3H3;2*1H;;/q2*-1;;;;;2*+2/p-2. The molecule has 0 aliphatic carbocycles. The van der Waals surface area contributed by atoms with Gasteiger partial charge in [0.25, 0.3) is 0 Å². The van der Waals surface area contributed by atoms with Crippen LogP contribution in [0.25, 0.3) is 20.3 Å². The third-order valence-corrected chi connectivity index (χ3v) is 12.4. The van der Waals surface area contributed by atoms with Crippen LogP contribution in [0, 0.1) is 25.3 Å². The summed E-state index contributed by atoms with van der Waals surface area (Å²) >= 11 is 16.9. The average Bonchev–Trinajstić information content (AvgIpc) is 3.30. The Bertz CT molecular complexity index is 1990. The maximum absolute atomic E-state index is 6.82. The molecule has 2 unspecified atom stereocenters. The Kier molecular flexibility index (Phi) is 29.4. The maximum atomic E-state index is 6.82. The summed E-state index contributed by atoms with van der Waals surface area (Å²) in [5.74, 6) is 0. The van der Waals surface area contributed by atoms with E-state index in [1.165, 1.54) is 0 Å². The van der Waals surface area contributed by atoms with E-state index in [9.17, 15) is 0 Å². The van der Waals surface area contributed by atoms with Gasteiger partial charge in [-0.05, 0) is 10.6 Å². The molecule has 316 valence electrons. The molecule has 0 spiro atoms. The molecule has 0 N–H and O–H groups in total. The quantitative estimate of drug-likeness (QED) is 0.0816. The molecule has 0 saturated carbocycles. The number of hydrogen-bond donors (Lipinski definition) is 0. The van der Waals surface area contributed by atoms with Gasteiger partial charge in [-0.2, -0.15) is 0 Å². The van der Waals surface area contributed by atoms with E-state index in [4.69, 9.17) is 35.6 Å². The first-order valence-electron chi connectivity index (χ1n) is 18.3. The Hall–Kier alpha value is -2.82. The first-order valence-corrected chi connectivity index (χ1v) is 28.5. The summed E-state index contributed by atoms with van der Waals surface area (Å²) in [7, 11) is 7.30. The van der Waals surface area contributed by atoms with Crippen LogP contribution in [-0.2, 0) is 37.5 Å². The normalized spacial score (nSPS) is 11.7. The van der Waals surface area contributed by atoms with Crippen LogP contribution in [0.4, 0.5) is 0 Å². The SMILES string of the molecule is ClP(C(=[C-]c1ccccc1)c1ccccc1)c1ccccc1.ClP(C(=[C-]c1ccccc1)c1ccccc1)c1ccccc1.[C-]#[N+]C(C)(C)C.[C-]#[N+]C(C)(C)C.[Cl][Pt+].[Cl][Pt+]. The van der Waals surface area contributed by atoms with Crippen LogP contribution in [0.5, 0.6) is 0 Å². The fourth-order valence-electron chi connectivity index (χ4n) is 4.35. The summed E-state index contributed by atoms with van der Waals surface area (Å²) < 4.78 is 0.